The van der Waals surface area contributed by atoms with Gasteiger partial charge in [-0.05, 0) is 31.0 Å². The summed E-state index contributed by atoms with van der Waals surface area (Å²) in [5, 5.41) is 0. The maximum atomic E-state index is 5.37. The van der Waals surface area contributed by atoms with Crippen LogP contribution in [0, 0.1) is 0 Å². The molecule has 1 aliphatic rings. The van der Waals surface area contributed by atoms with Crippen molar-refractivity contribution in [2.24, 2.45) is 0 Å². The fourth-order valence-corrected chi connectivity index (χ4v) is 2.21. The summed E-state index contributed by atoms with van der Waals surface area (Å²) >= 11 is 0. The fourth-order valence-electron chi connectivity index (χ4n) is 2.21. The van der Waals surface area contributed by atoms with E-state index in [0.717, 1.165) is 37.1 Å². The number of ether oxygens (including phenoxy) is 1. The van der Waals surface area contributed by atoms with Gasteiger partial charge >= 0.3 is 0 Å². The molecular formula is C12H14N2O. The average Bonchev–Trinajstić information content (AvgIpc) is 2.74. The van der Waals surface area contributed by atoms with Gasteiger partial charge in [0.2, 0.25) is 0 Å². The Labute approximate surface area is 88.5 Å². The Morgan fingerprint density at radius 1 is 1.33 bits per heavy atom. The first-order chi connectivity index (χ1) is 7.43. The maximum Gasteiger partial charge on any atom is 0.0881 e. The normalized spacial score (nSPS) is 18.4. The molecule has 0 atom stereocenters. The van der Waals surface area contributed by atoms with Crippen LogP contribution in [0.2, 0.25) is 0 Å². The molecule has 0 radical (unpaired) electrons. The lowest BCUT2D eigenvalue weighted by Gasteiger charge is -2.20. The number of aromatic amines is 1. The van der Waals surface area contributed by atoms with Crippen LogP contribution in [0.25, 0.3) is 11.0 Å². The Hall–Kier alpha value is -1.35. The molecule has 15 heavy (non-hydrogen) atoms. The highest BCUT2D eigenvalue weighted by Gasteiger charge is 2.17. The molecule has 3 nitrogen and oxygen atoms in total. The van der Waals surface area contributed by atoms with Crippen LogP contribution in [0.1, 0.15) is 24.5 Å². The lowest BCUT2D eigenvalue weighted by Crippen LogP contribution is -2.14. The van der Waals surface area contributed by atoms with Crippen LogP contribution in [0.4, 0.5) is 0 Å². The standard InChI is InChI=1S/C12H14N2O/c1-2-10-12(13-5-1)8-11(14-10)9-3-6-15-7-4-9/h1-2,5,8-9,14H,3-4,6-7H2. The lowest BCUT2D eigenvalue weighted by molar-refractivity contribution is 0.0846. The Morgan fingerprint density at radius 3 is 3.00 bits per heavy atom. The number of nitrogens with one attached hydrogen (secondary N) is 1. The molecule has 1 aliphatic heterocycles. The van der Waals surface area contributed by atoms with E-state index in [0.29, 0.717) is 5.92 Å². The second-order valence-electron chi connectivity index (χ2n) is 4.05. The summed E-state index contributed by atoms with van der Waals surface area (Å²) in [5.74, 6) is 0.618. The summed E-state index contributed by atoms with van der Waals surface area (Å²) in [5.41, 5.74) is 3.52. The Kier molecular flexibility index (Phi) is 2.18. The van der Waals surface area contributed by atoms with Crippen LogP contribution in [-0.2, 0) is 4.74 Å². The van der Waals surface area contributed by atoms with Crippen molar-refractivity contribution in [1.29, 1.82) is 0 Å². The third-order valence-corrected chi connectivity index (χ3v) is 3.07. The molecule has 0 aliphatic carbocycles. The number of hydrogen-bond acceptors (Lipinski definition) is 2. The number of aromatic nitrogens is 2. The van der Waals surface area contributed by atoms with E-state index < -0.39 is 0 Å². The first kappa shape index (κ1) is 8.92. The summed E-state index contributed by atoms with van der Waals surface area (Å²) in [6, 6.07) is 6.21. The van der Waals surface area contributed by atoms with E-state index >= 15 is 0 Å². The predicted octanol–water partition coefficient (Wildman–Crippen LogP) is 2.46. The topological polar surface area (TPSA) is 37.9 Å². The number of nitrogens with zero attached hydrogens (tertiary/aromatic N) is 1. The third kappa shape index (κ3) is 1.63. The second kappa shape index (κ2) is 3.66. The summed E-state index contributed by atoms with van der Waals surface area (Å²) in [4.78, 5) is 7.78. The van der Waals surface area contributed by atoms with Crippen LogP contribution in [0.15, 0.2) is 24.4 Å². The van der Waals surface area contributed by atoms with E-state index in [1.54, 1.807) is 0 Å². The molecule has 1 fully saturated rings. The van der Waals surface area contributed by atoms with Crippen LogP contribution in [0.5, 0.6) is 0 Å². The Morgan fingerprint density at radius 2 is 2.20 bits per heavy atom. The highest BCUT2D eigenvalue weighted by molar-refractivity contribution is 5.75. The largest absolute Gasteiger partial charge is 0.381 e. The van der Waals surface area contributed by atoms with Crippen molar-refractivity contribution in [2.45, 2.75) is 18.8 Å². The average molecular weight is 202 g/mol. The second-order valence-corrected chi connectivity index (χ2v) is 4.05. The van der Waals surface area contributed by atoms with Crippen LogP contribution in [-0.4, -0.2) is 23.2 Å². The van der Waals surface area contributed by atoms with E-state index in [1.165, 1.54) is 5.69 Å². The number of H-pyrrole nitrogens is 1. The monoisotopic (exact) mass is 202 g/mol. The van der Waals surface area contributed by atoms with E-state index in [9.17, 15) is 0 Å². The molecule has 1 N–H and O–H groups in total. The zero-order valence-electron chi connectivity index (χ0n) is 8.57. The lowest BCUT2D eigenvalue weighted by atomic mass is 9.97. The minimum absolute atomic E-state index is 0.618. The van der Waals surface area contributed by atoms with Gasteiger partial charge < -0.3 is 9.72 Å². The molecule has 0 aromatic carbocycles. The van der Waals surface area contributed by atoms with Gasteiger partial charge in [-0.2, -0.15) is 0 Å². The van der Waals surface area contributed by atoms with E-state index in [4.69, 9.17) is 4.74 Å². The molecule has 1 saturated heterocycles. The van der Waals surface area contributed by atoms with E-state index in [1.807, 2.05) is 12.3 Å². The molecule has 0 unspecified atom stereocenters. The van der Waals surface area contributed by atoms with E-state index in [2.05, 4.69) is 22.1 Å². The highest BCUT2D eigenvalue weighted by atomic mass is 16.5. The molecule has 78 valence electrons. The van der Waals surface area contributed by atoms with Crippen molar-refractivity contribution in [2.75, 3.05) is 13.2 Å². The van der Waals surface area contributed by atoms with Crippen molar-refractivity contribution in [3.05, 3.63) is 30.1 Å². The molecule has 2 aromatic heterocycles. The molecular weight excluding hydrogens is 188 g/mol. The minimum Gasteiger partial charge on any atom is -0.381 e. The molecule has 2 aromatic rings. The van der Waals surface area contributed by atoms with Gasteiger partial charge in [0.25, 0.3) is 0 Å². The van der Waals surface area contributed by atoms with Crippen molar-refractivity contribution in [1.82, 2.24) is 9.97 Å². The zero-order chi connectivity index (χ0) is 10.1. The summed E-state index contributed by atoms with van der Waals surface area (Å²) in [7, 11) is 0. The fraction of sp³-hybridized carbons (Fsp3) is 0.417. The first-order valence-corrected chi connectivity index (χ1v) is 5.45. The number of fused-ring (bicyclic) bond motifs is 1. The van der Waals surface area contributed by atoms with Crippen molar-refractivity contribution in [3.63, 3.8) is 0 Å². The summed E-state index contributed by atoms with van der Waals surface area (Å²) in [6.07, 6.45) is 4.07. The Bertz CT molecular complexity index is 424. The van der Waals surface area contributed by atoms with Gasteiger partial charge in [0.1, 0.15) is 0 Å². The quantitative estimate of drug-likeness (QED) is 0.771. The van der Waals surface area contributed by atoms with Gasteiger partial charge in [-0.1, -0.05) is 0 Å². The van der Waals surface area contributed by atoms with Crippen molar-refractivity contribution in [3.8, 4) is 0 Å². The Balaban J connectivity index is 1.96. The van der Waals surface area contributed by atoms with Gasteiger partial charge in [-0.25, -0.2) is 0 Å². The first-order valence-electron chi connectivity index (χ1n) is 5.45. The SMILES string of the molecule is c1cnc2cc(C3CCOCC3)[nH]c2c1. The number of rotatable bonds is 1. The van der Waals surface area contributed by atoms with Crippen LogP contribution >= 0.6 is 0 Å². The third-order valence-electron chi connectivity index (χ3n) is 3.07. The molecule has 0 spiro atoms. The smallest absolute Gasteiger partial charge is 0.0881 e. The highest BCUT2D eigenvalue weighted by Crippen LogP contribution is 2.27. The number of pyridine rings is 1. The molecule has 0 bridgehead atoms. The molecule has 3 heteroatoms. The van der Waals surface area contributed by atoms with Crippen molar-refractivity contribution < 1.29 is 4.74 Å². The molecule has 3 rings (SSSR count). The zero-order valence-corrected chi connectivity index (χ0v) is 8.57. The van der Waals surface area contributed by atoms with Crippen LogP contribution in [0.3, 0.4) is 0 Å². The van der Waals surface area contributed by atoms with Crippen LogP contribution < -0.4 is 0 Å². The van der Waals surface area contributed by atoms with Gasteiger partial charge in [-0.3, -0.25) is 4.98 Å². The van der Waals surface area contributed by atoms with Gasteiger partial charge in [-0.15, -0.1) is 0 Å². The summed E-state index contributed by atoms with van der Waals surface area (Å²) < 4.78 is 5.37. The molecule has 0 saturated carbocycles. The summed E-state index contributed by atoms with van der Waals surface area (Å²) in [6.45, 7) is 1.76. The molecule has 3 heterocycles. The molecule has 0 amide bonds. The van der Waals surface area contributed by atoms with Gasteiger partial charge in [0, 0.05) is 31.0 Å². The maximum absolute atomic E-state index is 5.37. The van der Waals surface area contributed by atoms with Gasteiger partial charge in [0.15, 0.2) is 0 Å². The van der Waals surface area contributed by atoms with E-state index in [-0.39, 0.29) is 0 Å². The van der Waals surface area contributed by atoms with Gasteiger partial charge in [0.05, 0.1) is 11.0 Å². The number of hydrogen-bond donors (Lipinski definition) is 1. The minimum atomic E-state index is 0.618. The van der Waals surface area contributed by atoms with Crippen molar-refractivity contribution >= 4 is 11.0 Å². The predicted molar refractivity (Wildman–Crippen MR) is 58.9 cm³/mol.